The third kappa shape index (κ3) is 3.27. The maximum absolute atomic E-state index is 12.2. The van der Waals surface area contributed by atoms with Crippen molar-refractivity contribution >= 4 is 37.6 Å². The first-order chi connectivity index (χ1) is 9.70. The second-order valence-electron chi connectivity index (χ2n) is 4.58. The summed E-state index contributed by atoms with van der Waals surface area (Å²) in [6.45, 7) is 3.71. The van der Waals surface area contributed by atoms with Gasteiger partial charge in [-0.2, -0.15) is 0 Å². The standard InChI is InChI=1S/C13H13BrN2O4S/c1-7-3-9(4-8(2)12(7)14)16-21(19,20)10-5-11(13(17)18)15-6-10/h3-6,15-16H,1-2H3,(H,17,18). The summed E-state index contributed by atoms with van der Waals surface area (Å²) in [5, 5.41) is 8.81. The van der Waals surface area contributed by atoms with E-state index in [0.717, 1.165) is 27.9 Å². The van der Waals surface area contributed by atoms with Gasteiger partial charge in [0.2, 0.25) is 0 Å². The molecule has 0 spiro atoms. The smallest absolute Gasteiger partial charge is 0.352 e. The number of aryl methyl sites for hydroxylation is 2. The topological polar surface area (TPSA) is 99.3 Å². The fraction of sp³-hybridized carbons (Fsp3) is 0.154. The Bertz CT molecular complexity index is 788. The average Bonchev–Trinajstić information content (AvgIpc) is 2.85. The fourth-order valence-corrected chi connectivity index (χ4v) is 3.13. The molecule has 1 aromatic carbocycles. The molecule has 0 unspecified atom stereocenters. The summed E-state index contributed by atoms with van der Waals surface area (Å²) in [4.78, 5) is 13.1. The van der Waals surface area contributed by atoms with Crippen LogP contribution in [0.5, 0.6) is 0 Å². The molecule has 0 atom stereocenters. The number of carbonyl (C=O) groups is 1. The van der Waals surface area contributed by atoms with Gasteiger partial charge in [-0.25, -0.2) is 13.2 Å². The number of halogens is 1. The molecule has 1 heterocycles. The number of hydrogen-bond acceptors (Lipinski definition) is 3. The minimum Gasteiger partial charge on any atom is -0.477 e. The number of aromatic carboxylic acids is 1. The van der Waals surface area contributed by atoms with Crippen molar-refractivity contribution in [1.29, 1.82) is 0 Å². The van der Waals surface area contributed by atoms with Crippen molar-refractivity contribution in [3.05, 3.63) is 45.7 Å². The number of rotatable bonds is 4. The number of H-pyrrole nitrogens is 1. The summed E-state index contributed by atoms with van der Waals surface area (Å²) in [6, 6.07) is 4.46. The second-order valence-corrected chi connectivity index (χ2v) is 7.06. The van der Waals surface area contributed by atoms with Gasteiger partial charge in [0, 0.05) is 16.4 Å². The quantitative estimate of drug-likeness (QED) is 0.767. The van der Waals surface area contributed by atoms with E-state index in [1.54, 1.807) is 12.1 Å². The number of aromatic nitrogens is 1. The van der Waals surface area contributed by atoms with Crippen LogP contribution < -0.4 is 4.72 Å². The van der Waals surface area contributed by atoms with Gasteiger partial charge in [-0.15, -0.1) is 0 Å². The van der Waals surface area contributed by atoms with E-state index in [1.165, 1.54) is 0 Å². The number of nitrogens with one attached hydrogen (secondary N) is 2. The Balaban J connectivity index is 2.35. The molecule has 6 nitrogen and oxygen atoms in total. The van der Waals surface area contributed by atoms with Crippen molar-refractivity contribution in [3.63, 3.8) is 0 Å². The summed E-state index contributed by atoms with van der Waals surface area (Å²) in [6.07, 6.45) is 1.14. The van der Waals surface area contributed by atoms with Gasteiger partial charge in [0.15, 0.2) is 0 Å². The van der Waals surface area contributed by atoms with Crippen LogP contribution in [0.25, 0.3) is 0 Å². The molecule has 0 aliphatic heterocycles. The summed E-state index contributed by atoms with van der Waals surface area (Å²) in [5.74, 6) is -1.22. The van der Waals surface area contributed by atoms with Crippen molar-refractivity contribution in [2.45, 2.75) is 18.7 Å². The van der Waals surface area contributed by atoms with Crippen LogP contribution in [0.2, 0.25) is 0 Å². The minimum atomic E-state index is -3.83. The molecule has 2 rings (SSSR count). The van der Waals surface area contributed by atoms with Crippen LogP contribution in [0.1, 0.15) is 21.6 Å². The monoisotopic (exact) mass is 372 g/mol. The van der Waals surface area contributed by atoms with Crippen molar-refractivity contribution < 1.29 is 18.3 Å². The van der Waals surface area contributed by atoms with E-state index < -0.39 is 16.0 Å². The highest BCUT2D eigenvalue weighted by molar-refractivity contribution is 9.10. The number of aromatic amines is 1. The van der Waals surface area contributed by atoms with Crippen LogP contribution in [-0.4, -0.2) is 24.5 Å². The lowest BCUT2D eigenvalue weighted by Gasteiger charge is -2.10. The fourth-order valence-electron chi connectivity index (χ4n) is 1.87. The SMILES string of the molecule is Cc1cc(NS(=O)(=O)c2c[nH]c(C(=O)O)c2)cc(C)c1Br. The van der Waals surface area contributed by atoms with Gasteiger partial charge in [0.25, 0.3) is 10.0 Å². The molecule has 0 saturated carbocycles. The van der Waals surface area contributed by atoms with Gasteiger partial charge < -0.3 is 10.1 Å². The summed E-state index contributed by atoms with van der Waals surface area (Å²) in [7, 11) is -3.83. The number of carboxylic acid groups (broad SMARTS) is 1. The van der Waals surface area contributed by atoms with Gasteiger partial charge in [-0.3, -0.25) is 4.72 Å². The molecule has 112 valence electrons. The molecular formula is C13H13BrN2O4S. The first-order valence-corrected chi connectivity index (χ1v) is 8.19. The molecule has 0 aliphatic carbocycles. The van der Waals surface area contributed by atoms with E-state index in [-0.39, 0.29) is 10.6 Å². The number of anilines is 1. The molecule has 0 amide bonds. The van der Waals surface area contributed by atoms with E-state index in [0.29, 0.717) is 5.69 Å². The third-order valence-corrected chi connectivity index (χ3v) is 5.50. The first-order valence-electron chi connectivity index (χ1n) is 5.92. The Morgan fingerprint density at radius 1 is 1.24 bits per heavy atom. The number of sulfonamides is 1. The number of carboxylic acids is 1. The van der Waals surface area contributed by atoms with Gasteiger partial charge in [-0.05, 0) is 43.2 Å². The van der Waals surface area contributed by atoms with Gasteiger partial charge in [0.05, 0.1) is 0 Å². The molecule has 0 aliphatic rings. The Morgan fingerprint density at radius 2 is 1.81 bits per heavy atom. The van der Waals surface area contributed by atoms with E-state index in [4.69, 9.17) is 5.11 Å². The van der Waals surface area contributed by atoms with Crippen molar-refractivity contribution in [2.75, 3.05) is 4.72 Å². The lowest BCUT2D eigenvalue weighted by molar-refractivity contribution is 0.0691. The van der Waals surface area contributed by atoms with E-state index >= 15 is 0 Å². The molecule has 21 heavy (non-hydrogen) atoms. The highest BCUT2D eigenvalue weighted by atomic mass is 79.9. The van der Waals surface area contributed by atoms with Crippen LogP contribution in [0.4, 0.5) is 5.69 Å². The zero-order chi connectivity index (χ0) is 15.8. The Morgan fingerprint density at radius 3 is 2.29 bits per heavy atom. The minimum absolute atomic E-state index is 0.127. The second kappa shape index (κ2) is 5.53. The molecule has 8 heteroatoms. The van der Waals surface area contributed by atoms with Crippen molar-refractivity contribution in [1.82, 2.24) is 4.98 Å². The lowest BCUT2D eigenvalue weighted by atomic mass is 10.1. The van der Waals surface area contributed by atoms with Crippen LogP contribution in [0.15, 0.2) is 33.8 Å². The number of hydrogen-bond donors (Lipinski definition) is 3. The Hall–Kier alpha value is -1.80. The maximum atomic E-state index is 12.2. The maximum Gasteiger partial charge on any atom is 0.352 e. The summed E-state index contributed by atoms with van der Waals surface area (Å²) < 4.78 is 27.8. The van der Waals surface area contributed by atoms with Crippen molar-refractivity contribution in [2.24, 2.45) is 0 Å². The highest BCUT2D eigenvalue weighted by Crippen LogP contribution is 2.26. The Kier molecular flexibility index (Phi) is 4.11. The van der Waals surface area contributed by atoms with Crippen LogP contribution in [0.3, 0.4) is 0 Å². The summed E-state index contributed by atoms with van der Waals surface area (Å²) >= 11 is 3.41. The highest BCUT2D eigenvalue weighted by Gasteiger charge is 2.18. The van der Waals surface area contributed by atoms with Gasteiger partial charge in [0.1, 0.15) is 10.6 Å². The average molecular weight is 373 g/mol. The third-order valence-electron chi connectivity index (χ3n) is 2.89. The van der Waals surface area contributed by atoms with Crippen LogP contribution in [-0.2, 0) is 10.0 Å². The molecule has 0 bridgehead atoms. The molecule has 0 fully saturated rings. The lowest BCUT2D eigenvalue weighted by Crippen LogP contribution is -2.12. The zero-order valence-electron chi connectivity index (χ0n) is 11.3. The molecule has 3 N–H and O–H groups in total. The van der Waals surface area contributed by atoms with Gasteiger partial charge in [-0.1, -0.05) is 15.9 Å². The molecule has 2 aromatic rings. The van der Waals surface area contributed by atoms with E-state index in [9.17, 15) is 13.2 Å². The van der Waals surface area contributed by atoms with Gasteiger partial charge >= 0.3 is 5.97 Å². The molecule has 0 radical (unpaired) electrons. The van der Waals surface area contributed by atoms with E-state index in [2.05, 4.69) is 25.6 Å². The Labute approximate surface area is 130 Å². The first kappa shape index (κ1) is 15.6. The van der Waals surface area contributed by atoms with Crippen molar-refractivity contribution in [3.8, 4) is 0 Å². The molecule has 1 aromatic heterocycles. The largest absolute Gasteiger partial charge is 0.477 e. The molecule has 0 saturated heterocycles. The van der Waals surface area contributed by atoms with Crippen LogP contribution >= 0.6 is 15.9 Å². The number of benzene rings is 1. The normalized spacial score (nSPS) is 11.4. The predicted molar refractivity (Wildman–Crippen MR) is 82.2 cm³/mol. The summed E-state index contributed by atoms with van der Waals surface area (Å²) in [5.41, 5.74) is 2.03. The van der Waals surface area contributed by atoms with Crippen LogP contribution in [0, 0.1) is 13.8 Å². The predicted octanol–water partition coefficient (Wildman–Crippen LogP) is 2.89. The zero-order valence-corrected chi connectivity index (χ0v) is 13.7. The molecular weight excluding hydrogens is 360 g/mol. The van der Waals surface area contributed by atoms with E-state index in [1.807, 2.05) is 13.8 Å².